The molecule has 1 aromatic heterocycles. The van der Waals surface area contributed by atoms with E-state index in [4.69, 9.17) is 0 Å². The minimum Gasteiger partial charge on any atom is -0.481 e. The average molecular weight is 303 g/mol. The van der Waals surface area contributed by atoms with Crippen LogP contribution >= 0.6 is 11.8 Å². The molecule has 2 heterocycles. The summed E-state index contributed by atoms with van der Waals surface area (Å²) in [4.78, 5) is 17.0. The van der Waals surface area contributed by atoms with Crippen molar-refractivity contribution in [3.05, 3.63) is 41.5 Å². The van der Waals surface area contributed by atoms with Crippen molar-refractivity contribution < 1.29 is 9.90 Å². The number of fused-ring (bicyclic) bond motifs is 1. The molecule has 21 heavy (non-hydrogen) atoms. The summed E-state index contributed by atoms with van der Waals surface area (Å²) in [7, 11) is 0. The standard InChI is InChI=1S/C15H17N3O2S/c1-21-12-7-3-2-5-10(12)9-13-16-14-11(15(19)20)6-4-8-18(14)17-13/h2-3,5,7,11H,4,6,8-9H2,1H3,(H,19,20). The van der Waals surface area contributed by atoms with Crippen molar-refractivity contribution in [2.24, 2.45) is 0 Å². The molecule has 0 amide bonds. The van der Waals surface area contributed by atoms with E-state index in [1.165, 1.54) is 10.5 Å². The molecule has 5 nitrogen and oxygen atoms in total. The molecule has 1 aromatic carbocycles. The first-order valence-corrected chi connectivity index (χ1v) is 8.20. The van der Waals surface area contributed by atoms with Crippen molar-refractivity contribution in [2.45, 2.75) is 36.6 Å². The largest absolute Gasteiger partial charge is 0.481 e. The quantitative estimate of drug-likeness (QED) is 0.879. The monoisotopic (exact) mass is 303 g/mol. The van der Waals surface area contributed by atoms with Crippen LogP contribution in [0.25, 0.3) is 0 Å². The molecule has 1 unspecified atom stereocenters. The Balaban J connectivity index is 1.89. The van der Waals surface area contributed by atoms with Crippen LogP contribution in [0.2, 0.25) is 0 Å². The molecule has 0 bridgehead atoms. The molecule has 0 aliphatic carbocycles. The number of nitrogens with zero attached hydrogens (tertiary/aromatic N) is 3. The molecule has 0 fully saturated rings. The van der Waals surface area contributed by atoms with Crippen molar-refractivity contribution in [3.63, 3.8) is 0 Å². The van der Waals surface area contributed by atoms with E-state index in [-0.39, 0.29) is 0 Å². The second kappa shape index (κ2) is 5.89. The number of aryl methyl sites for hydroxylation is 1. The van der Waals surface area contributed by atoms with Crippen LogP contribution in [-0.4, -0.2) is 32.1 Å². The van der Waals surface area contributed by atoms with Gasteiger partial charge in [0.15, 0.2) is 5.82 Å². The fraction of sp³-hybridized carbons (Fsp3) is 0.400. The van der Waals surface area contributed by atoms with Crippen molar-refractivity contribution in [3.8, 4) is 0 Å². The van der Waals surface area contributed by atoms with Gasteiger partial charge in [0.2, 0.25) is 0 Å². The van der Waals surface area contributed by atoms with Gasteiger partial charge in [-0.2, -0.15) is 5.10 Å². The minimum absolute atomic E-state index is 0.518. The second-order valence-corrected chi connectivity index (χ2v) is 5.98. The maximum Gasteiger partial charge on any atom is 0.314 e. The first-order valence-electron chi connectivity index (χ1n) is 6.97. The highest BCUT2D eigenvalue weighted by Crippen LogP contribution is 2.27. The van der Waals surface area contributed by atoms with E-state index in [9.17, 15) is 9.90 Å². The molecule has 1 N–H and O–H groups in total. The van der Waals surface area contributed by atoms with Crippen LogP contribution in [0.5, 0.6) is 0 Å². The van der Waals surface area contributed by atoms with E-state index in [2.05, 4.69) is 22.2 Å². The van der Waals surface area contributed by atoms with E-state index in [0.717, 1.165) is 13.0 Å². The molecular weight excluding hydrogens is 286 g/mol. The highest BCUT2D eigenvalue weighted by Gasteiger charge is 2.29. The second-order valence-electron chi connectivity index (χ2n) is 5.13. The van der Waals surface area contributed by atoms with Crippen LogP contribution in [-0.2, 0) is 17.8 Å². The van der Waals surface area contributed by atoms with Crippen LogP contribution < -0.4 is 0 Å². The molecule has 0 spiro atoms. The van der Waals surface area contributed by atoms with E-state index in [1.807, 2.05) is 18.4 Å². The van der Waals surface area contributed by atoms with E-state index in [1.54, 1.807) is 16.4 Å². The molecule has 0 saturated heterocycles. The lowest BCUT2D eigenvalue weighted by molar-refractivity contribution is -0.139. The lowest BCUT2D eigenvalue weighted by Gasteiger charge is -2.17. The van der Waals surface area contributed by atoms with E-state index in [0.29, 0.717) is 24.5 Å². The van der Waals surface area contributed by atoms with Crippen LogP contribution in [0.1, 0.15) is 36.0 Å². The third-order valence-electron chi connectivity index (χ3n) is 3.76. The number of hydrogen-bond acceptors (Lipinski definition) is 4. The maximum absolute atomic E-state index is 11.3. The van der Waals surface area contributed by atoms with Gasteiger partial charge in [-0.15, -0.1) is 11.8 Å². The Morgan fingerprint density at radius 1 is 1.48 bits per heavy atom. The zero-order valence-corrected chi connectivity index (χ0v) is 12.6. The number of benzene rings is 1. The molecular formula is C15H17N3O2S. The average Bonchev–Trinajstić information content (AvgIpc) is 2.89. The Hall–Kier alpha value is -1.82. The normalized spacial score (nSPS) is 17.5. The van der Waals surface area contributed by atoms with Gasteiger partial charge in [0.1, 0.15) is 11.7 Å². The van der Waals surface area contributed by atoms with Crippen LogP contribution in [0, 0.1) is 0 Å². The van der Waals surface area contributed by atoms with Crippen molar-refractivity contribution in [1.29, 1.82) is 0 Å². The van der Waals surface area contributed by atoms with Gasteiger partial charge in [0.05, 0.1) is 0 Å². The lowest BCUT2D eigenvalue weighted by Crippen LogP contribution is -2.22. The molecule has 0 radical (unpaired) electrons. The summed E-state index contributed by atoms with van der Waals surface area (Å²) in [5, 5.41) is 13.8. The Kier molecular flexibility index (Phi) is 3.96. The summed E-state index contributed by atoms with van der Waals surface area (Å²) >= 11 is 1.70. The zero-order chi connectivity index (χ0) is 14.8. The molecule has 110 valence electrons. The molecule has 1 aliphatic rings. The number of aromatic nitrogens is 3. The van der Waals surface area contributed by atoms with Crippen LogP contribution in [0.4, 0.5) is 0 Å². The fourth-order valence-corrected chi connectivity index (χ4v) is 3.34. The molecule has 6 heteroatoms. The summed E-state index contributed by atoms with van der Waals surface area (Å²) in [6.07, 6.45) is 4.18. The number of hydrogen-bond donors (Lipinski definition) is 1. The smallest absolute Gasteiger partial charge is 0.314 e. The minimum atomic E-state index is -0.806. The van der Waals surface area contributed by atoms with Crippen molar-refractivity contribution in [1.82, 2.24) is 14.8 Å². The predicted octanol–water partition coefficient (Wildman–Crippen LogP) is 2.55. The Bertz CT molecular complexity index is 669. The molecule has 0 saturated carbocycles. The SMILES string of the molecule is CSc1ccccc1Cc1nc2n(n1)CCCC2C(=O)O. The van der Waals surface area contributed by atoms with Gasteiger partial charge in [-0.3, -0.25) is 4.79 Å². The van der Waals surface area contributed by atoms with E-state index >= 15 is 0 Å². The number of rotatable bonds is 4. The van der Waals surface area contributed by atoms with Gasteiger partial charge >= 0.3 is 5.97 Å². The summed E-state index contributed by atoms with van der Waals surface area (Å²) in [6, 6.07) is 8.17. The Labute approximate surface area is 127 Å². The maximum atomic E-state index is 11.3. The molecule has 1 aliphatic heterocycles. The van der Waals surface area contributed by atoms with Gasteiger partial charge in [0.25, 0.3) is 0 Å². The number of carbonyl (C=O) groups is 1. The topological polar surface area (TPSA) is 68.0 Å². The molecule has 3 rings (SSSR count). The number of thioether (sulfide) groups is 1. The van der Waals surface area contributed by atoms with Crippen molar-refractivity contribution in [2.75, 3.05) is 6.26 Å². The van der Waals surface area contributed by atoms with Crippen molar-refractivity contribution >= 4 is 17.7 Å². The summed E-state index contributed by atoms with van der Waals surface area (Å²) in [6.45, 7) is 0.760. The van der Waals surface area contributed by atoms with Gasteiger partial charge in [-0.05, 0) is 30.7 Å². The number of carboxylic acids is 1. The van der Waals surface area contributed by atoms with Gasteiger partial charge < -0.3 is 5.11 Å². The number of carboxylic acid groups (broad SMARTS) is 1. The third-order valence-corrected chi connectivity index (χ3v) is 4.60. The summed E-state index contributed by atoms with van der Waals surface area (Å²) < 4.78 is 1.76. The number of aliphatic carboxylic acids is 1. The van der Waals surface area contributed by atoms with E-state index < -0.39 is 11.9 Å². The predicted molar refractivity (Wildman–Crippen MR) is 80.7 cm³/mol. The first-order chi connectivity index (χ1) is 10.2. The first kappa shape index (κ1) is 14.1. The van der Waals surface area contributed by atoms with Gasteiger partial charge in [-0.1, -0.05) is 18.2 Å². The Morgan fingerprint density at radius 2 is 2.29 bits per heavy atom. The van der Waals surface area contributed by atoms with Gasteiger partial charge in [-0.25, -0.2) is 9.67 Å². The molecule has 1 atom stereocenters. The van der Waals surface area contributed by atoms with Gasteiger partial charge in [0, 0.05) is 17.9 Å². The highest BCUT2D eigenvalue weighted by atomic mass is 32.2. The van der Waals surface area contributed by atoms with Crippen LogP contribution in [0.3, 0.4) is 0 Å². The fourth-order valence-electron chi connectivity index (χ4n) is 2.73. The Morgan fingerprint density at radius 3 is 3.05 bits per heavy atom. The highest BCUT2D eigenvalue weighted by molar-refractivity contribution is 7.98. The third kappa shape index (κ3) is 2.81. The zero-order valence-electron chi connectivity index (χ0n) is 11.8. The van der Waals surface area contributed by atoms with Crippen LogP contribution in [0.15, 0.2) is 29.2 Å². The lowest BCUT2D eigenvalue weighted by atomic mass is 10.00. The summed E-state index contributed by atoms with van der Waals surface area (Å²) in [5.41, 5.74) is 1.18. The molecule has 2 aromatic rings. The summed E-state index contributed by atoms with van der Waals surface area (Å²) in [5.74, 6) is -0.0137.